The minimum absolute atomic E-state index is 0.305. The molecule has 6 nitrogen and oxygen atoms in total. The van der Waals surface area contributed by atoms with Crippen molar-refractivity contribution >= 4 is 29.0 Å². The van der Waals surface area contributed by atoms with E-state index in [1.54, 1.807) is 35.6 Å². The Morgan fingerprint density at radius 3 is 2.57 bits per heavy atom. The van der Waals surface area contributed by atoms with Crippen molar-refractivity contribution in [3.05, 3.63) is 46.7 Å². The summed E-state index contributed by atoms with van der Waals surface area (Å²) < 4.78 is 5.00. The summed E-state index contributed by atoms with van der Waals surface area (Å²) in [7, 11) is 0. The number of urea groups is 1. The van der Waals surface area contributed by atoms with Gasteiger partial charge in [0.15, 0.2) is 6.61 Å². The lowest BCUT2D eigenvalue weighted by atomic mass is 10.3. The highest BCUT2D eigenvalue weighted by atomic mass is 32.1. The smallest absolute Gasteiger partial charge is 0.341 e. The molecule has 21 heavy (non-hydrogen) atoms. The number of carboxylic acid groups (broad SMARTS) is 1. The van der Waals surface area contributed by atoms with Gasteiger partial charge in [0.05, 0.1) is 0 Å². The second-order valence-corrected chi connectivity index (χ2v) is 4.93. The Hall–Kier alpha value is -2.54. The lowest BCUT2D eigenvalue weighted by Crippen LogP contribution is -2.27. The molecule has 0 bridgehead atoms. The van der Waals surface area contributed by atoms with Gasteiger partial charge in [-0.1, -0.05) is 0 Å². The average Bonchev–Trinajstić information content (AvgIpc) is 2.98. The highest BCUT2D eigenvalue weighted by Gasteiger charge is 2.03. The second kappa shape index (κ2) is 7.30. The Bertz CT molecular complexity index is 596. The van der Waals surface area contributed by atoms with E-state index < -0.39 is 12.6 Å². The molecule has 1 aromatic carbocycles. The van der Waals surface area contributed by atoms with Crippen LogP contribution >= 0.6 is 11.3 Å². The van der Waals surface area contributed by atoms with Gasteiger partial charge in [-0.15, -0.1) is 0 Å². The van der Waals surface area contributed by atoms with Gasteiger partial charge in [-0.05, 0) is 46.7 Å². The highest BCUT2D eigenvalue weighted by molar-refractivity contribution is 7.07. The monoisotopic (exact) mass is 306 g/mol. The average molecular weight is 306 g/mol. The van der Waals surface area contributed by atoms with Crippen molar-refractivity contribution in [2.75, 3.05) is 11.9 Å². The van der Waals surface area contributed by atoms with Gasteiger partial charge in [-0.25, -0.2) is 9.59 Å². The number of aliphatic carboxylic acids is 1. The van der Waals surface area contributed by atoms with Crippen LogP contribution in [0.15, 0.2) is 41.1 Å². The highest BCUT2D eigenvalue weighted by Crippen LogP contribution is 2.15. The molecule has 1 heterocycles. The molecule has 0 atom stereocenters. The Morgan fingerprint density at radius 2 is 1.95 bits per heavy atom. The van der Waals surface area contributed by atoms with E-state index in [1.165, 1.54) is 0 Å². The summed E-state index contributed by atoms with van der Waals surface area (Å²) in [6, 6.07) is 8.11. The molecule has 0 radical (unpaired) electrons. The summed E-state index contributed by atoms with van der Waals surface area (Å²) in [6.07, 6.45) is 0. The van der Waals surface area contributed by atoms with E-state index in [9.17, 15) is 9.59 Å². The number of amides is 2. The Kier molecular flexibility index (Phi) is 5.16. The van der Waals surface area contributed by atoms with Crippen LogP contribution in [0.1, 0.15) is 5.56 Å². The van der Waals surface area contributed by atoms with Crippen LogP contribution in [0.25, 0.3) is 0 Å². The molecule has 2 amide bonds. The number of carboxylic acids is 1. The zero-order valence-corrected chi connectivity index (χ0v) is 11.9. The van der Waals surface area contributed by atoms with Crippen LogP contribution in [0.3, 0.4) is 0 Å². The van der Waals surface area contributed by atoms with E-state index in [4.69, 9.17) is 9.84 Å². The van der Waals surface area contributed by atoms with Crippen molar-refractivity contribution in [3.63, 3.8) is 0 Å². The first kappa shape index (κ1) is 14.9. The molecule has 0 saturated heterocycles. The molecule has 0 saturated carbocycles. The number of nitrogens with one attached hydrogen (secondary N) is 2. The van der Waals surface area contributed by atoms with Crippen LogP contribution in [0.2, 0.25) is 0 Å². The van der Waals surface area contributed by atoms with Gasteiger partial charge < -0.3 is 20.5 Å². The Morgan fingerprint density at radius 1 is 1.19 bits per heavy atom. The number of anilines is 1. The molecule has 0 spiro atoms. The molecule has 7 heteroatoms. The summed E-state index contributed by atoms with van der Waals surface area (Å²) in [6.45, 7) is 0.0725. The number of carbonyl (C=O) groups is 2. The number of hydrogen-bond acceptors (Lipinski definition) is 4. The fraction of sp³-hybridized carbons (Fsp3) is 0.143. The summed E-state index contributed by atoms with van der Waals surface area (Å²) in [5.41, 5.74) is 1.65. The molecule has 3 N–H and O–H groups in total. The van der Waals surface area contributed by atoms with Crippen LogP contribution in [0, 0.1) is 0 Å². The summed E-state index contributed by atoms with van der Waals surface area (Å²) >= 11 is 1.58. The minimum atomic E-state index is -1.04. The molecule has 2 rings (SSSR count). The maximum Gasteiger partial charge on any atom is 0.341 e. The van der Waals surface area contributed by atoms with E-state index in [0.717, 1.165) is 5.56 Å². The largest absolute Gasteiger partial charge is 0.482 e. The number of hydrogen-bond donors (Lipinski definition) is 3. The molecule has 0 aliphatic heterocycles. The lowest BCUT2D eigenvalue weighted by molar-refractivity contribution is -0.139. The van der Waals surface area contributed by atoms with Crippen LogP contribution in [-0.2, 0) is 11.3 Å². The molecule has 2 aromatic rings. The van der Waals surface area contributed by atoms with Gasteiger partial charge in [0, 0.05) is 12.2 Å². The van der Waals surface area contributed by atoms with Crippen molar-refractivity contribution < 1.29 is 19.4 Å². The summed E-state index contributed by atoms with van der Waals surface area (Å²) in [4.78, 5) is 22.0. The first-order chi connectivity index (χ1) is 10.1. The predicted molar refractivity (Wildman–Crippen MR) is 79.8 cm³/mol. The van der Waals surface area contributed by atoms with Crippen LogP contribution in [0.5, 0.6) is 5.75 Å². The van der Waals surface area contributed by atoms with E-state index in [0.29, 0.717) is 18.0 Å². The normalized spacial score (nSPS) is 9.90. The number of carbonyl (C=O) groups excluding carboxylic acids is 1. The van der Waals surface area contributed by atoms with Crippen LogP contribution in [-0.4, -0.2) is 23.7 Å². The lowest BCUT2D eigenvalue weighted by Gasteiger charge is -2.08. The van der Waals surface area contributed by atoms with Crippen LogP contribution < -0.4 is 15.4 Å². The molecular weight excluding hydrogens is 292 g/mol. The van der Waals surface area contributed by atoms with Crippen molar-refractivity contribution in [2.24, 2.45) is 0 Å². The van der Waals surface area contributed by atoms with Gasteiger partial charge >= 0.3 is 12.0 Å². The fourth-order valence-electron chi connectivity index (χ4n) is 1.53. The molecule has 0 unspecified atom stereocenters. The van der Waals surface area contributed by atoms with Crippen LogP contribution in [0.4, 0.5) is 10.5 Å². The van der Waals surface area contributed by atoms with Crippen molar-refractivity contribution in [2.45, 2.75) is 6.54 Å². The second-order valence-electron chi connectivity index (χ2n) is 4.15. The molecular formula is C14H14N2O4S. The standard InChI is InChI=1S/C14H14N2O4S/c17-13(18)8-20-12-3-1-11(2-4-12)16-14(19)15-7-10-5-6-21-9-10/h1-6,9H,7-8H2,(H,17,18)(H2,15,16,19). The van der Waals surface area contributed by atoms with E-state index in [2.05, 4.69) is 10.6 Å². The maximum absolute atomic E-state index is 11.7. The Balaban J connectivity index is 1.79. The van der Waals surface area contributed by atoms with Crippen molar-refractivity contribution in [1.29, 1.82) is 0 Å². The molecule has 0 aliphatic carbocycles. The topological polar surface area (TPSA) is 87.7 Å². The first-order valence-electron chi connectivity index (χ1n) is 6.14. The third-order valence-corrected chi connectivity index (χ3v) is 3.24. The first-order valence-corrected chi connectivity index (χ1v) is 7.08. The number of thiophene rings is 1. The van der Waals surface area contributed by atoms with Gasteiger partial charge in [0.1, 0.15) is 5.75 Å². The molecule has 1 aromatic heterocycles. The third kappa shape index (κ3) is 5.15. The molecule has 0 fully saturated rings. The Labute approximate surface area is 125 Å². The zero-order chi connectivity index (χ0) is 15.1. The zero-order valence-electron chi connectivity index (χ0n) is 11.0. The molecule has 110 valence electrons. The fourth-order valence-corrected chi connectivity index (χ4v) is 2.20. The number of benzene rings is 1. The van der Waals surface area contributed by atoms with E-state index in [-0.39, 0.29) is 6.03 Å². The van der Waals surface area contributed by atoms with Gasteiger partial charge in [-0.2, -0.15) is 11.3 Å². The minimum Gasteiger partial charge on any atom is -0.482 e. The number of rotatable bonds is 6. The third-order valence-electron chi connectivity index (χ3n) is 2.51. The van der Waals surface area contributed by atoms with E-state index in [1.807, 2.05) is 16.8 Å². The maximum atomic E-state index is 11.7. The predicted octanol–water partition coefficient (Wildman–Crippen LogP) is 2.53. The van der Waals surface area contributed by atoms with Gasteiger partial charge in [-0.3, -0.25) is 0 Å². The molecule has 0 aliphatic rings. The summed E-state index contributed by atoms with van der Waals surface area (Å²) in [5.74, 6) is -0.605. The van der Waals surface area contributed by atoms with Gasteiger partial charge in [0.2, 0.25) is 0 Å². The van der Waals surface area contributed by atoms with E-state index >= 15 is 0 Å². The van der Waals surface area contributed by atoms with Gasteiger partial charge in [0.25, 0.3) is 0 Å². The summed E-state index contributed by atoms with van der Waals surface area (Å²) in [5, 5.41) is 17.8. The SMILES string of the molecule is O=C(O)COc1ccc(NC(=O)NCc2ccsc2)cc1. The van der Waals surface area contributed by atoms with Crippen molar-refractivity contribution in [1.82, 2.24) is 5.32 Å². The van der Waals surface area contributed by atoms with Crippen molar-refractivity contribution in [3.8, 4) is 5.75 Å². The quantitative estimate of drug-likeness (QED) is 0.765. The number of ether oxygens (including phenoxy) is 1.